The van der Waals surface area contributed by atoms with E-state index in [1.165, 1.54) is 0 Å². The maximum Gasteiger partial charge on any atom is 0.277 e. The van der Waals surface area contributed by atoms with Gasteiger partial charge in [0, 0.05) is 8.95 Å². The van der Waals surface area contributed by atoms with Gasteiger partial charge in [0.05, 0.1) is 6.21 Å². The molecular weight excluding hydrogens is 524 g/mol. The molecule has 0 aliphatic rings. The molecule has 5 nitrogen and oxygen atoms in total. The summed E-state index contributed by atoms with van der Waals surface area (Å²) in [6.45, 7) is 4.37. The van der Waals surface area contributed by atoms with Gasteiger partial charge in [-0.1, -0.05) is 44.0 Å². The Morgan fingerprint density at radius 3 is 2.13 bits per heavy atom. The van der Waals surface area contributed by atoms with Crippen molar-refractivity contribution in [1.29, 1.82) is 0 Å². The van der Waals surface area contributed by atoms with E-state index in [1.807, 2.05) is 62.4 Å². The summed E-state index contributed by atoms with van der Waals surface area (Å²) in [4.78, 5) is 11.9. The number of rotatable bonds is 8. The van der Waals surface area contributed by atoms with Gasteiger partial charge in [-0.3, -0.25) is 4.79 Å². The van der Waals surface area contributed by atoms with Crippen molar-refractivity contribution >= 4 is 44.0 Å². The zero-order valence-corrected chi connectivity index (χ0v) is 20.4. The minimum atomic E-state index is -0.331. The van der Waals surface area contributed by atoms with E-state index >= 15 is 0 Å². The van der Waals surface area contributed by atoms with E-state index in [4.69, 9.17) is 9.47 Å². The molecule has 0 bridgehead atoms. The van der Waals surface area contributed by atoms with Gasteiger partial charge in [-0.05, 0) is 84.6 Å². The molecule has 0 fully saturated rings. The zero-order valence-electron chi connectivity index (χ0n) is 17.2. The van der Waals surface area contributed by atoms with Gasteiger partial charge in [-0.25, -0.2) is 5.43 Å². The number of hydrogen-bond acceptors (Lipinski definition) is 4. The number of amides is 1. The van der Waals surface area contributed by atoms with Gasteiger partial charge in [0.15, 0.2) is 6.61 Å². The summed E-state index contributed by atoms with van der Waals surface area (Å²) in [5.74, 6) is 1.14. The largest absolute Gasteiger partial charge is 0.488 e. The van der Waals surface area contributed by atoms with Crippen LogP contribution in [-0.2, 0) is 11.4 Å². The summed E-state index contributed by atoms with van der Waals surface area (Å²) in [6, 6.07) is 19.3. The summed E-state index contributed by atoms with van der Waals surface area (Å²) in [5.41, 5.74) is 6.46. The molecule has 3 aromatic carbocycles. The maximum atomic E-state index is 11.9. The van der Waals surface area contributed by atoms with E-state index in [0.717, 1.165) is 36.9 Å². The van der Waals surface area contributed by atoms with Gasteiger partial charge in [0.25, 0.3) is 5.91 Å². The van der Waals surface area contributed by atoms with E-state index in [1.54, 1.807) is 18.3 Å². The molecule has 0 aliphatic carbocycles. The molecule has 0 heterocycles. The number of benzene rings is 3. The van der Waals surface area contributed by atoms with Gasteiger partial charge in [-0.2, -0.15) is 5.10 Å². The van der Waals surface area contributed by atoms with Crippen molar-refractivity contribution in [2.75, 3.05) is 6.61 Å². The quantitative estimate of drug-likeness (QED) is 0.281. The Balaban J connectivity index is 1.52. The lowest BCUT2D eigenvalue weighted by atomic mass is 10.1. The van der Waals surface area contributed by atoms with Gasteiger partial charge in [0.1, 0.15) is 18.1 Å². The first kappa shape index (κ1) is 23.0. The Kier molecular flexibility index (Phi) is 8.26. The molecule has 0 unspecified atom stereocenters. The number of halogens is 2. The third-order valence-corrected chi connectivity index (χ3v) is 5.42. The molecular formula is C24H22Br2N2O3. The number of aryl methyl sites for hydroxylation is 2. The van der Waals surface area contributed by atoms with Crippen LogP contribution in [0.1, 0.15) is 22.3 Å². The van der Waals surface area contributed by atoms with Crippen LogP contribution in [-0.4, -0.2) is 18.7 Å². The SMILES string of the molecule is Cc1cc(/C=N\NC(=O)COc2ccc(Br)cc2)cc(C)c1OCc1ccc(Br)cc1. The predicted octanol–water partition coefficient (Wildman–Crippen LogP) is 5.94. The number of nitrogens with one attached hydrogen (secondary N) is 1. The average Bonchev–Trinajstić information content (AvgIpc) is 2.74. The standard InChI is InChI=1S/C24H22Br2N2O3/c1-16-11-19(12-17(2)24(16)31-14-18-3-5-20(25)6-4-18)13-27-28-23(29)15-30-22-9-7-21(26)8-10-22/h3-13H,14-15H2,1-2H3,(H,28,29)/b27-13-. The summed E-state index contributed by atoms with van der Waals surface area (Å²) in [7, 11) is 0. The van der Waals surface area contributed by atoms with Crippen molar-refractivity contribution in [3.8, 4) is 11.5 Å². The summed E-state index contributed by atoms with van der Waals surface area (Å²) in [5, 5.41) is 4.02. The van der Waals surface area contributed by atoms with E-state index in [9.17, 15) is 4.79 Å². The fraction of sp³-hybridized carbons (Fsp3) is 0.167. The molecule has 0 spiro atoms. The highest BCUT2D eigenvalue weighted by Crippen LogP contribution is 2.25. The van der Waals surface area contributed by atoms with Crippen LogP contribution in [0.25, 0.3) is 0 Å². The number of ether oxygens (including phenoxy) is 2. The fourth-order valence-corrected chi connectivity index (χ4v) is 3.44. The molecule has 0 aromatic heterocycles. The van der Waals surface area contributed by atoms with Crippen LogP contribution >= 0.6 is 31.9 Å². The minimum absolute atomic E-state index is 0.111. The summed E-state index contributed by atoms with van der Waals surface area (Å²) in [6.07, 6.45) is 1.61. The molecule has 0 saturated heterocycles. The highest BCUT2D eigenvalue weighted by Gasteiger charge is 2.07. The van der Waals surface area contributed by atoms with Gasteiger partial charge in [0.2, 0.25) is 0 Å². The Morgan fingerprint density at radius 1 is 0.935 bits per heavy atom. The van der Waals surface area contributed by atoms with Crippen molar-refractivity contribution in [3.63, 3.8) is 0 Å². The Bertz CT molecular complexity index is 1040. The highest BCUT2D eigenvalue weighted by atomic mass is 79.9. The van der Waals surface area contributed by atoms with Crippen molar-refractivity contribution in [3.05, 3.63) is 91.9 Å². The predicted molar refractivity (Wildman–Crippen MR) is 130 cm³/mol. The smallest absolute Gasteiger partial charge is 0.277 e. The second kappa shape index (κ2) is 11.1. The first-order valence-electron chi connectivity index (χ1n) is 9.59. The second-order valence-electron chi connectivity index (χ2n) is 6.93. The number of hydrazone groups is 1. The number of carbonyl (C=O) groups is 1. The van der Waals surface area contributed by atoms with Gasteiger partial charge >= 0.3 is 0 Å². The number of hydrogen-bond donors (Lipinski definition) is 1. The van der Waals surface area contributed by atoms with Crippen LogP contribution in [0.2, 0.25) is 0 Å². The lowest BCUT2D eigenvalue weighted by molar-refractivity contribution is -0.123. The van der Waals surface area contributed by atoms with Crippen LogP contribution in [0.15, 0.2) is 74.7 Å². The van der Waals surface area contributed by atoms with E-state index in [0.29, 0.717) is 12.4 Å². The average molecular weight is 546 g/mol. The summed E-state index contributed by atoms with van der Waals surface area (Å²) >= 11 is 6.79. The normalized spacial score (nSPS) is 10.8. The number of carbonyl (C=O) groups excluding carboxylic acids is 1. The van der Waals surface area contributed by atoms with Crippen LogP contribution in [0, 0.1) is 13.8 Å². The molecule has 31 heavy (non-hydrogen) atoms. The third kappa shape index (κ3) is 7.22. The molecule has 3 aromatic rings. The molecule has 0 aliphatic heterocycles. The molecule has 1 N–H and O–H groups in total. The lowest BCUT2D eigenvalue weighted by Crippen LogP contribution is -2.24. The molecule has 160 valence electrons. The Morgan fingerprint density at radius 2 is 1.52 bits per heavy atom. The fourth-order valence-electron chi connectivity index (χ4n) is 2.91. The maximum absolute atomic E-state index is 11.9. The van der Waals surface area contributed by atoms with Gasteiger partial charge in [-0.15, -0.1) is 0 Å². The molecule has 0 saturated carbocycles. The number of nitrogens with zero attached hydrogens (tertiary/aromatic N) is 1. The van der Waals surface area contributed by atoms with Crippen LogP contribution in [0.4, 0.5) is 0 Å². The molecule has 7 heteroatoms. The first-order chi connectivity index (χ1) is 14.9. The summed E-state index contributed by atoms with van der Waals surface area (Å²) < 4.78 is 13.4. The van der Waals surface area contributed by atoms with E-state index in [-0.39, 0.29) is 12.5 Å². The van der Waals surface area contributed by atoms with Crippen LogP contribution in [0.5, 0.6) is 11.5 Å². The zero-order chi connectivity index (χ0) is 22.2. The van der Waals surface area contributed by atoms with Crippen molar-refractivity contribution < 1.29 is 14.3 Å². The third-order valence-electron chi connectivity index (χ3n) is 4.37. The Labute approximate surface area is 198 Å². The van der Waals surface area contributed by atoms with E-state index < -0.39 is 0 Å². The monoisotopic (exact) mass is 544 g/mol. The molecule has 1 amide bonds. The van der Waals surface area contributed by atoms with Crippen molar-refractivity contribution in [1.82, 2.24) is 5.43 Å². The van der Waals surface area contributed by atoms with Gasteiger partial charge < -0.3 is 9.47 Å². The van der Waals surface area contributed by atoms with Crippen molar-refractivity contribution in [2.45, 2.75) is 20.5 Å². The minimum Gasteiger partial charge on any atom is -0.488 e. The van der Waals surface area contributed by atoms with Crippen molar-refractivity contribution in [2.24, 2.45) is 5.10 Å². The molecule has 0 radical (unpaired) electrons. The van der Waals surface area contributed by atoms with Crippen LogP contribution < -0.4 is 14.9 Å². The van der Waals surface area contributed by atoms with Crippen LogP contribution in [0.3, 0.4) is 0 Å². The molecule has 0 atom stereocenters. The first-order valence-corrected chi connectivity index (χ1v) is 11.2. The topological polar surface area (TPSA) is 59.9 Å². The van der Waals surface area contributed by atoms with E-state index in [2.05, 4.69) is 42.4 Å². The Hall–Kier alpha value is -2.64. The second-order valence-corrected chi connectivity index (χ2v) is 8.77. The molecule has 3 rings (SSSR count). The highest BCUT2D eigenvalue weighted by molar-refractivity contribution is 9.10. The lowest BCUT2D eigenvalue weighted by Gasteiger charge is -2.13.